The van der Waals surface area contributed by atoms with E-state index in [0.717, 1.165) is 124 Å². The van der Waals surface area contributed by atoms with Gasteiger partial charge in [0, 0.05) is 116 Å². The number of nitrogens with one attached hydrogen (secondary N) is 2. The standard InChI is InChI=1S/C40H50N8O4/c49-23-21-47-17-13-45(14-18-47)11-9-41-39(51)31-5-7-35-33(25-31)27-37(43-35)29-1-2-30(4-3-29)38-28-34-26-32(6-8-36(34)44-38)40(52)42-10-12-46-15-19-48(20-16-46)22-24-50/h1-8,25-26,49-50H,9-24,27-28H2,(H,41,51)(H,42,52). The Morgan fingerprint density at radius 2 is 0.904 bits per heavy atom. The highest BCUT2D eigenvalue weighted by atomic mass is 16.3. The van der Waals surface area contributed by atoms with Crippen LogP contribution in [0, 0.1) is 0 Å². The van der Waals surface area contributed by atoms with Crippen molar-refractivity contribution < 1.29 is 19.8 Å². The maximum absolute atomic E-state index is 13.0. The molecule has 2 saturated heterocycles. The van der Waals surface area contributed by atoms with Gasteiger partial charge in [-0.3, -0.25) is 39.2 Å². The number of piperazine rings is 2. The molecule has 2 amide bonds. The molecule has 0 aromatic heterocycles. The van der Waals surface area contributed by atoms with Crippen LogP contribution in [0.3, 0.4) is 0 Å². The van der Waals surface area contributed by atoms with E-state index in [1.807, 2.05) is 36.4 Å². The minimum atomic E-state index is -0.0638. The topological polar surface area (TPSA) is 136 Å². The molecule has 0 bridgehead atoms. The normalized spacial score (nSPS) is 18.1. The van der Waals surface area contributed by atoms with E-state index >= 15 is 0 Å². The molecule has 0 unspecified atom stereocenters. The number of carbonyl (C=O) groups is 2. The Morgan fingerprint density at radius 1 is 0.538 bits per heavy atom. The maximum atomic E-state index is 13.0. The summed E-state index contributed by atoms with van der Waals surface area (Å²) in [4.78, 5) is 44.9. The van der Waals surface area contributed by atoms with E-state index in [-0.39, 0.29) is 25.0 Å². The van der Waals surface area contributed by atoms with E-state index in [0.29, 0.717) is 37.1 Å². The molecule has 0 saturated carbocycles. The Labute approximate surface area is 305 Å². The Balaban J connectivity index is 0.866. The van der Waals surface area contributed by atoms with Crippen LogP contribution in [0.4, 0.5) is 11.4 Å². The Kier molecular flexibility index (Phi) is 11.8. The number of benzene rings is 3. The maximum Gasteiger partial charge on any atom is 0.251 e. The number of aliphatic imine (C=N–C) groups is 2. The van der Waals surface area contributed by atoms with Gasteiger partial charge in [0.05, 0.1) is 36.0 Å². The summed E-state index contributed by atoms with van der Waals surface area (Å²) in [7, 11) is 0. The first-order valence-corrected chi connectivity index (χ1v) is 18.6. The number of fused-ring (bicyclic) bond motifs is 2. The van der Waals surface area contributed by atoms with Crippen molar-refractivity contribution in [2.24, 2.45) is 9.98 Å². The molecule has 3 aromatic rings. The zero-order chi connectivity index (χ0) is 35.9. The lowest BCUT2D eigenvalue weighted by atomic mass is 9.98. The summed E-state index contributed by atoms with van der Waals surface area (Å²) in [6.45, 7) is 12.3. The monoisotopic (exact) mass is 706 g/mol. The minimum Gasteiger partial charge on any atom is -0.395 e. The third-order valence-corrected chi connectivity index (χ3v) is 10.7. The molecular weight excluding hydrogens is 656 g/mol. The summed E-state index contributed by atoms with van der Waals surface area (Å²) < 4.78 is 0. The second-order valence-corrected chi connectivity index (χ2v) is 14.1. The van der Waals surface area contributed by atoms with E-state index in [2.05, 4.69) is 54.5 Å². The highest BCUT2D eigenvalue weighted by Gasteiger charge is 2.22. The van der Waals surface area contributed by atoms with E-state index in [1.165, 1.54) is 0 Å². The quantitative estimate of drug-likeness (QED) is 0.199. The van der Waals surface area contributed by atoms with Crippen molar-refractivity contribution in [1.82, 2.24) is 30.2 Å². The molecule has 2 fully saturated rings. The van der Waals surface area contributed by atoms with Crippen LogP contribution in [0.1, 0.15) is 43.0 Å². The van der Waals surface area contributed by atoms with Crippen molar-refractivity contribution in [3.8, 4) is 0 Å². The summed E-state index contributed by atoms with van der Waals surface area (Å²) in [6, 6.07) is 19.9. The summed E-state index contributed by atoms with van der Waals surface area (Å²) in [5, 5.41) is 24.4. The van der Waals surface area contributed by atoms with Crippen molar-refractivity contribution in [3.05, 3.63) is 94.0 Å². The third-order valence-electron chi connectivity index (χ3n) is 10.7. The van der Waals surface area contributed by atoms with Crippen LogP contribution >= 0.6 is 0 Å². The SMILES string of the molecule is O=C(NCCN1CCN(CCO)CC1)c1ccc2c(c1)CC(c1ccc(C3=Nc4ccc(C(=O)NCCN5CCN(CCO)CC5)cc4C3)cc1)=N2. The van der Waals surface area contributed by atoms with Crippen molar-refractivity contribution >= 4 is 34.6 Å². The van der Waals surface area contributed by atoms with Gasteiger partial charge in [-0.05, 0) is 58.7 Å². The fourth-order valence-electron chi connectivity index (χ4n) is 7.49. The van der Waals surface area contributed by atoms with Crippen LogP contribution in [-0.4, -0.2) is 158 Å². The zero-order valence-corrected chi connectivity index (χ0v) is 29.9. The minimum absolute atomic E-state index is 0.0638. The lowest BCUT2D eigenvalue weighted by Crippen LogP contribution is -2.49. The van der Waals surface area contributed by atoms with Crippen LogP contribution in [0.2, 0.25) is 0 Å². The highest BCUT2D eigenvalue weighted by molar-refractivity contribution is 6.10. The number of rotatable bonds is 14. The van der Waals surface area contributed by atoms with Gasteiger partial charge in [-0.25, -0.2) is 0 Å². The number of amides is 2. The smallest absolute Gasteiger partial charge is 0.251 e. The zero-order valence-electron chi connectivity index (χ0n) is 29.9. The van der Waals surface area contributed by atoms with Gasteiger partial charge in [0.25, 0.3) is 11.8 Å². The Bertz CT molecular complexity index is 1660. The van der Waals surface area contributed by atoms with Crippen LogP contribution in [0.15, 0.2) is 70.6 Å². The predicted molar refractivity (Wildman–Crippen MR) is 204 cm³/mol. The van der Waals surface area contributed by atoms with Gasteiger partial charge in [-0.2, -0.15) is 0 Å². The van der Waals surface area contributed by atoms with Crippen molar-refractivity contribution in [3.63, 3.8) is 0 Å². The number of carbonyl (C=O) groups excluding carboxylic acids is 2. The lowest BCUT2D eigenvalue weighted by Gasteiger charge is -2.34. The average Bonchev–Trinajstić information content (AvgIpc) is 3.81. The molecule has 4 N–H and O–H groups in total. The van der Waals surface area contributed by atoms with E-state index in [1.54, 1.807) is 0 Å². The first-order valence-electron chi connectivity index (χ1n) is 18.6. The van der Waals surface area contributed by atoms with E-state index in [9.17, 15) is 9.59 Å². The van der Waals surface area contributed by atoms with Gasteiger partial charge in [-0.1, -0.05) is 24.3 Å². The first-order chi connectivity index (χ1) is 25.4. The summed E-state index contributed by atoms with van der Waals surface area (Å²) >= 11 is 0. The molecule has 274 valence electrons. The van der Waals surface area contributed by atoms with E-state index < -0.39 is 0 Å². The fraction of sp³-hybridized carbons (Fsp3) is 0.450. The van der Waals surface area contributed by atoms with Gasteiger partial charge in [0.2, 0.25) is 0 Å². The number of hydrogen-bond acceptors (Lipinski definition) is 10. The van der Waals surface area contributed by atoms with Crippen molar-refractivity contribution in [2.75, 3.05) is 105 Å². The molecule has 12 heteroatoms. The van der Waals surface area contributed by atoms with Gasteiger partial charge in [0.15, 0.2) is 0 Å². The third kappa shape index (κ3) is 8.83. The molecular formula is C40H50N8O4. The van der Waals surface area contributed by atoms with Crippen molar-refractivity contribution in [2.45, 2.75) is 12.8 Å². The molecule has 4 aliphatic heterocycles. The number of nitrogens with zero attached hydrogens (tertiary/aromatic N) is 6. The van der Waals surface area contributed by atoms with Crippen LogP contribution in [0.25, 0.3) is 0 Å². The summed E-state index contributed by atoms with van der Waals surface area (Å²) in [6.07, 6.45) is 1.35. The Hall–Kier alpha value is -4.30. The lowest BCUT2D eigenvalue weighted by molar-refractivity contribution is 0.0919. The Morgan fingerprint density at radius 3 is 1.27 bits per heavy atom. The van der Waals surface area contributed by atoms with Gasteiger partial charge in [0.1, 0.15) is 0 Å². The van der Waals surface area contributed by atoms with Gasteiger partial charge >= 0.3 is 0 Å². The predicted octanol–water partition coefficient (Wildman–Crippen LogP) is 1.72. The summed E-state index contributed by atoms with van der Waals surface area (Å²) in [5.74, 6) is -0.128. The molecule has 0 radical (unpaired) electrons. The van der Waals surface area contributed by atoms with Crippen molar-refractivity contribution in [1.29, 1.82) is 0 Å². The number of β-amino-alcohol motifs (C(OH)–C–C–N with tert-alkyl or cyclic N) is 2. The average molecular weight is 707 g/mol. The van der Waals surface area contributed by atoms with Crippen LogP contribution in [-0.2, 0) is 12.8 Å². The summed E-state index contributed by atoms with van der Waals surface area (Å²) in [5.41, 5.74) is 9.29. The highest BCUT2D eigenvalue weighted by Crippen LogP contribution is 2.32. The fourth-order valence-corrected chi connectivity index (χ4v) is 7.49. The largest absolute Gasteiger partial charge is 0.395 e. The molecule has 0 atom stereocenters. The number of aliphatic hydroxyl groups is 2. The number of aliphatic hydroxyl groups excluding tert-OH is 2. The molecule has 52 heavy (non-hydrogen) atoms. The molecule has 3 aromatic carbocycles. The molecule has 12 nitrogen and oxygen atoms in total. The van der Waals surface area contributed by atoms with Crippen LogP contribution in [0.5, 0.6) is 0 Å². The van der Waals surface area contributed by atoms with E-state index in [4.69, 9.17) is 20.2 Å². The first kappa shape index (κ1) is 36.1. The van der Waals surface area contributed by atoms with Crippen LogP contribution < -0.4 is 10.6 Å². The second-order valence-electron chi connectivity index (χ2n) is 14.1. The molecule has 7 rings (SSSR count). The molecule has 0 spiro atoms. The van der Waals surface area contributed by atoms with Gasteiger partial charge in [-0.15, -0.1) is 0 Å². The number of hydrogen-bond donors (Lipinski definition) is 4. The molecule has 4 heterocycles. The molecule has 0 aliphatic carbocycles. The van der Waals surface area contributed by atoms with Gasteiger partial charge < -0.3 is 20.8 Å². The molecule has 4 aliphatic rings. The second kappa shape index (κ2) is 17.0.